The number of pyridine rings is 1. The maximum Gasteiger partial charge on any atom is 0.417 e. The number of carbonyl (C=O) groups is 2. The molecule has 0 saturated carbocycles. The fourth-order valence-corrected chi connectivity index (χ4v) is 6.14. The van der Waals surface area contributed by atoms with Gasteiger partial charge in [-0.15, -0.1) is 0 Å². The van der Waals surface area contributed by atoms with Gasteiger partial charge in [-0.1, -0.05) is 61.5 Å². The molecule has 5 rings (SSSR count). The molecule has 7 nitrogen and oxygen atoms in total. The van der Waals surface area contributed by atoms with E-state index in [1.54, 1.807) is 36.4 Å². The first-order chi connectivity index (χ1) is 20.5. The molecule has 1 fully saturated rings. The highest BCUT2D eigenvalue weighted by atomic mass is 19.4. The molecule has 2 atom stereocenters. The van der Waals surface area contributed by atoms with Crippen molar-refractivity contribution in [3.05, 3.63) is 82.1 Å². The molecule has 1 saturated heterocycles. The molecule has 0 aliphatic carbocycles. The van der Waals surface area contributed by atoms with Gasteiger partial charge in [0.2, 0.25) is 5.91 Å². The van der Waals surface area contributed by atoms with E-state index in [0.717, 1.165) is 13.0 Å². The lowest BCUT2D eigenvalue weighted by Crippen LogP contribution is -2.49. The lowest BCUT2D eigenvalue weighted by atomic mass is 9.81. The van der Waals surface area contributed by atoms with Gasteiger partial charge in [-0.3, -0.25) is 9.59 Å². The number of methoxy groups -OCH3 is 1. The topological polar surface area (TPSA) is 89.4 Å². The van der Waals surface area contributed by atoms with E-state index in [2.05, 4.69) is 10.6 Å². The van der Waals surface area contributed by atoms with Crippen LogP contribution in [-0.2, 0) is 34.0 Å². The van der Waals surface area contributed by atoms with E-state index >= 15 is 0 Å². The van der Waals surface area contributed by atoms with Gasteiger partial charge in [-0.05, 0) is 60.3 Å². The van der Waals surface area contributed by atoms with Gasteiger partial charge in [0.1, 0.15) is 6.04 Å². The molecule has 1 aromatic heterocycles. The van der Waals surface area contributed by atoms with E-state index in [1.807, 2.05) is 6.92 Å². The van der Waals surface area contributed by atoms with Crippen molar-refractivity contribution in [3.8, 4) is 11.1 Å². The van der Waals surface area contributed by atoms with E-state index < -0.39 is 40.3 Å². The van der Waals surface area contributed by atoms with Gasteiger partial charge in [-0.2, -0.15) is 13.2 Å². The number of aromatic nitrogens is 1. The molecular weight excluding hydrogens is 559 g/mol. The van der Waals surface area contributed by atoms with E-state index in [0.29, 0.717) is 35.7 Å². The summed E-state index contributed by atoms with van der Waals surface area (Å²) in [4.78, 5) is 39.8. The molecule has 1 amide bonds. The van der Waals surface area contributed by atoms with Crippen molar-refractivity contribution >= 4 is 33.6 Å². The van der Waals surface area contributed by atoms with Crippen molar-refractivity contribution < 1.29 is 27.5 Å². The van der Waals surface area contributed by atoms with Crippen LogP contribution in [0.25, 0.3) is 32.8 Å². The number of fused-ring (bicyclic) bond motifs is 2. The first-order valence-electron chi connectivity index (χ1n) is 14.3. The predicted molar refractivity (Wildman–Crippen MR) is 160 cm³/mol. The highest BCUT2D eigenvalue weighted by Gasteiger charge is 2.39. The Morgan fingerprint density at radius 3 is 2.44 bits per heavy atom. The van der Waals surface area contributed by atoms with Crippen LogP contribution in [0, 0.1) is 5.41 Å². The Morgan fingerprint density at radius 1 is 1.00 bits per heavy atom. The summed E-state index contributed by atoms with van der Waals surface area (Å²) >= 11 is 0. The van der Waals surface area contributed by atoms with Crippen molar-refractivity contribution in [2.75, 3.05) is 20.2 Å². The molecule has 0 radical (unpaired) electrons. The predicted octanol–water partition coefficient (Wildman–Crippen LogP) is 5.36. The van der Waals surface area contributed by atoms with Gasteiger partial charge in [0.25, 0.3) is 5.56 Å². The Hall–Kier alpha value is -4.18. The number of rotatable bonds is 6. The van der Waals surface area contributed by atoms with Crippen LogP contribution in [0.2, 0.25) is 0 Å². The summed E-state index contributed by atoms with van der Waals surface area (Å²) in [5, 5.41) is 7.09. The number of alkyl halides is 3. The number of hydrogen-bond donors (Lipinski definition) is 2. The lowest BCUT2D eigenvalue weighted by molar-refractivity contribution is -0.146. The zero-order chi connectivity index (χ0) is 30.9. The summed E-state index contributed by atoms with van der Waals surface area (Å²) in [6.45, 7) is 3.39. The van der Waals surface area contributed by atoms with Crippen molar-refractivity contribution in [1.29, 1.82) is 0 Å². The minimum atomic E-state index is -4.80. The number of para-hydroxylation sites is 1. The summed E-state index contributed by atoms with van der Waals surface area (Å²) in [5.74, 6) is -0.874. The Kier molecular flexibility index (Phi) is 8.34. The van der Waals surface area contributed by atoms with Crippen LogP contribution >= 0.6 is 0 Å². The van der Waals surface area contributed by atoms with E-state index in [4.69, 9.17) is 4.74 Å². The molecule has 1 aliphatic rings. The number of carbonyl (C=O) groups excluding carboxylic acids is 2. The van der Waals surface area contributed by atoms with Crippen molar-refractivity contribution in [2.45, 2.75) is 44.8 Å². The maximum absolute atomic E-state index is 14.6. The van der Waals surface area contributed by atoms with Gasteiger partial charge in [-0.25, -0.2) is 4.79 Å². The van der Waals surface area contributed by atoms with Crippen LogP contribution in [0.4, 0.5) is 13.2 Å². The van der Waals surface area contributed by atoms with Crippen molar-refractivity contribution in [3.63, 3.8) is 0 Å². The minimum absolute atomic E-state index is 0.0510. The number of hydrogen-bond acceptors (Lipinski definition) is 5. The Morgan fingerprint density at radius 2 is 1.70 bits per heavy atom. The second kappa shape index (κ2) is 11.8. The summed E-state index contributed by atoms with van der Waals surface area (Å²) in [6.07, 6.45) is -2.64. The number of ether oxygens (including phenoxy) is 1. The Labute approximate surface area is 247 Å². The van der Waals surface area contributed by atoms with Gasteiger partial charge in [0.15, 0.2) is 0 Å². The number of halogens is 3. The molecule has 10 heteroatoms. The molecule has 2 N–H and O–H groups in total. The maximum atomic E-state index is 14.6. The number of esters is 1. The van der Waals surface area contributed by atoms with Gasteiger partial charge >= 0.3 is 12.1 Å². The zero-order valence-corrected chi connectivity index (χ0v) is 24.3. The molecule has 0 bridgehead atoms. The molecule has 3 aromatic carbocycles. The van der Waals surface area contributed by atoms with Crippen LogP contribution in [0.1, 0.15) is 37.3 Å². The average molecular weight is 594 g/mol. The first-order valence-corrected chi connectivity index (χ1v) is 14.3. The van der Waals surface area contributed by atoms with Gasteiger partial charge in [0, 0.05) is 24.3 Å². The van der Waals surface area contributed by atoms with Gasteiger partial charge in [0.05, 0.1) is 23.8 Å². The third-order valence-electron chi connectivity index (χ3n) is 8.57. The first kappa shape index (κ1) is 30.3. The lowest BCUT2D eigenvalue weighted by Gasteiger charge is -2.29. The second-order valence-electron chi connectivity index (χ2n) is 11.4. The molecule has 1 unspecified atom stereocenters. The molecule has 0 spiro atoms. The van der Waals surface area contributed by atoms with E-state index in [-0.39, 0.29) is 28.8 Å². The van der Waals surface area contributed by atoms with Gasteiger partial charge < -0.3 is 19.9 Å². The van der Waals surface area contributed by atoms with Crippen molar-refractivity contribution in [1.82, 2.24) is 15.2 Å². The molecule has 4 aromatic rings. The van der Waals surface area contributed by atoms with Crippen LogP contribution in [-0.4, -0.2) is 42.7 Å². The normalized spacial score (nSPS) is 18.3. The van der Waals surface area contributed by atoms with Crippen LogP contribution in [0.3, 0.4) is 0 Å². The number of amides is 1. The molecule has 226 valence electrons. The van der Waals surface area contributed by atoms with Crippen molar-refractivity contribution in [2.24, 2.45) is 12.5 Å². The fourth-order valence-electron chi connectivity index (χ4n) is 6.14. The highest BCUT2D eigenvalue weighted by molar-refractivity contribution is 6.02. The number of aryl methyl sites for hydroxylation is 1. The largest absolute Gasteiger partial charge is 0.467 e. The summed E-state index contributed by atoms with van der Waals surface area (Å²) in [5.41, 5.74) is -1.93. The zero-order valence-electron chi connectivity index (χ0n) is 24.3. The fraction of sp³-hybridized carbons (Fsp3) is 0.364. The molecular formula is C33H34F3N3O4. The minimum Gasteiger partial charge on any atom is -0.467 e. The SMILES string of the molecule is COC(=O)[C@H](Cc1cccc2c(-c3c(C(F)(F)F)c4ccccc4n(C)c3=O)cccc12)NC(=O)C1(C)CCCNCC1. The third kappa shape index (κ3) is 5.76. The van der Waals surface area contributed by atoms with Crippen LogP contribution < -0.4 is 16.2 Å². The van der Waals surface area contributed by atoms with Crippen LogP contribution in [0.15, 0.2) is 65.5 Å². The molecule has 2 heterocycles. The standard InChI is InChI=1S/C33H34F3N3O4/c1-32(15-8-17-37-18-16-32)31(42)38-25(30(41)43-3)19-20-9-6-12-22-21(20)11-7-13-23(22)27-28(33(34,35)36)24-10-4-5-14-26(24)39(2)29(27)40/h4-7,9-14,25,37H,8,15-19H2,1-3H3,(H,38,42)/t25-,32?/m0/s1. The molecule has 1 aliphatic heterocycles. The van der Waals surface area contributed by atoms with Crippen LogP contribution in [0.5, 0.6) is 0 Å². The summed E-state index contributed by atoms with van der Waals surface area (Å²) in [6, 6.07) is 14.9. The quantitative estimate of drug-likeness (QED) is 0.294. The Bertz CT molecular complexity index is 1750. The third-order valence-corrected chi connectivity index (χ3v) is 8.57. The Balaban J connectivity index is 1.62. The monoisotopic (exact) mass is 593 g/mol. The highest BCUT2D eigenvalue weighted by Crippen LogP contribution is 2.42. The second-order valence-corrected chi connectivity index (χ2v) is 11.4. The summed E-state index contributed by atoms with van der Waals surface area (Å²) < 4.78 is 50.2. The van der Waals surface area contributed by atoms with E-state index in [1.165, 1.54) is 43.0 Å². The van der Waals surface area contributed by atoms with E-state index in [9.17, 15) is 27.6 Å². The smallest absolute Gasteiger partial charge is 0.417 e. The number of nitrogens with one attached hydrogen (secondary N) is 2. The average Bonchev–Trinajstić information content (AvgIpc) is 3.22. The summed E-state index contributed by atoms with van der Waals surface area (Å²) in [7, 11) is 2.70. The number of nitrogens with zero attached hydrogens (tertiary/aromatic N) is 1. The molecule has 43 heavy (non-hydrogen) atoms. The number of benzene rings is 3.